The van der Waals surface area contributed by atoms with Crippen molar-refractivity contribution in [2.75, 3.05) is 40.6 Å². The first kappa shape index (κ1) is 34.3. The highest BCUT2D eigenvalue weighted by atomic mass is 32.1. The molecule has 234 valence electrons. The maximum absolute atomic E-state index is 12.7. The summed E-state index contributed by atoms with van der Waals surface area (Å²) in [7, 11) is 1.80. The number of carbonyl (C=O) groups excluding carboxylic acids is 2. The molecule has 8 nitrogen and oxygen atoms in total. The Kier molecular flexibility index (Phi) is 14.0. The number of nitrogen functional groups attached to an aromatic ring is 1. The van der Waals surface area contributed by atoms with Gasteiger partial charge in [0.25, 0.3) is 5.91 Å². The SMILES string of the molecule is CNc1ccc(F)cc1.C\C=C/C=C(\C=C\CCC)c1csc(Nc2cc(NC(=O)c3ccc(NCC=O)cc3)ccc2N)n1. The highest BCUT2D eigenvalue weighted by molar-refractivity contribution is 7.13. The van der Waals surface area contributed by atoms with Crippen molar-refractivity contribution in [1.29, 1.82) is 0 Å². The zero-order chi connectivity index (χ0) is 32.4. The van der Waals surface area contributed by atoms with Gasteiger partial charge in [-0.3, -0.25) is 4.79 Å². The van der Waals surface area contributed by atoms with Crippen LogP contribution in [-0.2, 0) is 4.79 Å². The van der Waals surface area contributed by atoms with Gasteiger partial charge < -0.3 is 31.8 Å². The van der Waals surface area contributed by atoms with Crippen molar-refractivity contribution < 1.29 is 14.0 Å². The van der Waals surface area contributed by atoms with Gasteiger partial charge in [-0.05, 0) is 80.1 Å². The zero-order valence-corrected chi connectivity index (χ0v) is 26.5. The highest BCUT2D eigenvalue weighted by Crippen LogP contribution is 2.30. The molecule has 4 aromatic rings. The highest BCUT2D eigenvalue weighted by Gasteiger charge is 2.10. The Morgan fingerprint density at radius 3 is 2.40 bits per heavy atom. The molecule has 1 aromatic heterocycles. The molecular formula is C35H39FN6O2S. The van der Waals surface area contributed by atoms with E-state index in [-0.39, 0.29) is 18.3 Å². The number of hydrogen-bond donors (Lipinski definition) is 5. The number of carbonyl (C=O) groups is 2. The van der Waals surface area contributed by atoms with E-state index in [2.05, 4.69) is 40.3 Å². The van der Waals surface area contributed by atoms with Crippen molar-refractivity contribution in [3.05, 3.63) is 120 Å². The standard InChI is InChI=1S/C28H31N5O2S.C7H8FN/c1-3-5-7-9-20(8-6-4-2)26-19-36-28(33-26)32-25-18-23(14-15-24(25)29)31-27(35)21-10-12-22(13-11-21)30-16-17-34;1-9-7-4-2-6(8)3-5-7/h4,6-15,17-19,30H,3,5,16,29H2,1-2H3,(H,31,35)(H,32,33);2-5,9H,1H3/b6-4-,9-7+,20-8+;. The molecule has 0 radical (unpaired) electrons. The molecule has 0 bridgehead atoms. The molecule has 45 heavy (non-hydrogen) atoms. The lowest BCUT2D eigenvalue weighted by Gasteiger charge is -2.11. The molecule has 1 amide bonds. The van der Waals surface area contributed by atoms with Gasteiger partial charge in [-0.25, -0.2) is 9.37 Å². The van der Waals surface area contributed by atoms with Crippen LogP contribution in [0.3, 0.4) is 0 Å². The summed E-state index contributed by atoms with van der Waals surface area (Å²) in [5.74, 6) is -0.448. The Hall–Kier alpha value is -5.22. The molecule has 0 aliphatic carbocycles. The molecule has 0 atom stereocenters. The van der Waals surface area contributed by atoms with Crippen LogP contribution in [0.5, 0.6) is 0 Å². The van der Waals surface area contributed by atoms with E-state index in [4.69, 9.17) is 10.7 Å². The molecule has 0 spiro atoms. The molecule has 10 heteroatoms. The molecule has 0 fully saturated rings. The van der Waals surface area contributed by atoms with Gasteiger partial charge >= 0.3 is 0 Å². The minimum atomic E-state index is -0.248. The van der Waals surface area contributed by atoms with Gasteiger partial charge in [0.05, 0.1) is 23.6 Å². The van der Waals surface area contributed by atoms with E-state index < -0.39 is 0 Å². The van der Waals surface area contributed by atoms with Crippen molar-refractivity contribution in [2.45, 2.75) is 26.7 Å². The van der Waals surface area contributed by atoms with Gasteiger partial charge in [-0.15, -0.1) is 11.3 Å². The number of anilines is 6. The van der Waals surface area contributed by atoms with E-state index in [1.54, 1.807) is 61.6 Å². The number of amides is 1. The van der Waals surface area contributed by atoms with Crippen LogP contribution in [0.4, 0.5) is 38.0 Å². The van der Waals surface area contributed by atoms with Crippen molar-refractivity contribution in [3.63, 3.8) is 0 Å². The molecule has 0 saturated heterocycles. The number of aromatic nitrogens is 1. The maximum Gasteiger partial charge on any atom is 0.255 e. The number of unbranched alkanes of at least 4 members (excludes halogenated alkanes) is 1. The topological polar surface area (TPSA) is 121 Å². The minimum Gasteiger partial charge on any atom is -0.397 e. The molecule has 0 saturated carbocycles. The van der Waals surface area contributed by atoms with Crippen LogP contribution < -0.4 is 27.0 Å². The molecule has 0 aliphatic rings. The third-order valence-electron chi connectivity index (χ3n) is 6.24. The van der Waals surface area contributed by atoms with Gasteiger partial charge in [0.1, 0.15) is 12.1 Å². The normalized spacial score (nSPS) is 11.2. The lowest BCUT2D eigenvalue weighted by Crippen LogP contribution is -2.12. The molecular weight excluding hydrogens is 587 g/mol. The zero-order valence-electron chi connectivity index (χ0n) is 25.6. The predicted octanol–water partition coefficient (Wildman–Crippen LogP) is 8.52. The summed E-state index contributed by atoms with van der Waals surface area (Å²) in [6.07, 6.45) is 13.2. The fourth-order valence-corrected chi connectivity index (χ4v) is 4.58. The molecule has 3 aromatic carbocycles. The fraction of sp³-hybridized carbons (Fsp3) is 0.171. The number of nitrogens with one attached hydrogen (secondary N) is 4. The third-order valence-corrected chi connectivity index (χ3v) is 7.00. The van der Waals surface area contributed by atoms with Gasteiger partial charge in [0.15, 0.2) is 5.13 Å². The summed E-state index contributed by atoms with van der Waals surface area (Å²) < 4.78 is 12.2. The maximum atomic E-state index is 12.7. The average Bonchev–Trinajstić information content (AvgIpc) is 3.52. The summed E-state index contributed by atoms with van der Waals surface area (Å²) in [6, 6.07) is 18.4. The number of hydrogen-bond acceptors (Lipinski definition) is 8. The fourth-order valence-electron chi connectivity index (χ4n) is 3.84. The number of thiazole rings is 1. The predicted molar refractivity (Wildman–Crippen MR) is 188 cm³/mol. The Morgan fingerprint density at radius 2 is 1.73 bits per heavy atom. The van der Waals surface area contributed by atoms with E-state index in [1.807, 2.05) is 30.5 Å². The number of nitrogens with zero attached hydrogens (tertiary/aromatic N) is 1. The smallest absolute Gasteiger partial charge is 0.255 e. The Labute approximate surface area is 268 Å². The largest absolute Gasteiger partial charge is 0.397 e. The van der Waals surface area contributed by atoms with Gasteiger partial charge in [0, 0.05) is 40.6 Å². The van der Waals surface area contributed by atoms with E-state index in [9.17, 15) is 14.0 Å². The lowest BCUT2D eigenvalue weighted by atomic mass is 10.1. The molecule has 1 heterocycles. The van der Waals surface area contributed by atoms with Crippen LogP contribution >= 0.6 is 11.3 Å². The molecule has 4 rings (SSSR count). The van der Waals surface area contributed by atoms with Crippen LogP contribution in [-0.4, -0.2) is 30.8 Å². The molecule has 6 N–H and O–H groups in total. The minimum absolute atomic E-state index is 0.200. The Balaban J connectivity index is 0.000000525. The summed E-state index contributed by atoms with van der Waals surface area (Å²) in [5, 5.41) is 14.7. The number of aldehydes is 1. The second-order valence-electron chi connectivity index (χ2n) is 9.64. The van der Waals surface area contributed by atoms with Crippen LogP contribution in [0.1, 0.15) is 42.7 Å². The number of allylic oxidation sites excluding steroid dienone is 6. The van der Waals surface area contributed by atoms with Crippen molar-refractivity contribution in [2.24, 2.45) is 0 Å². The third kappa shape index (κ3) is 11.4. The van der Waals surface area contributed by atoms with E-state index in [0.29, 0.717) is 27.8 Å². The van der Waals surface area contributed by atoms with Gasteiger partial charge in [-0.1, -0.05) is 43.7 Å². The monoisotopic (exact) mass is 626 g/mol. The van der Waals surface area contributed by atoms with E-state index in [1.165, 1.54) is 23.5 Å². The van der Waals surface area contributed by atoms with Crippen LogP contribution in [0.2, 0.25) is 0 Å². The number of rotatable bonds is 13. The second-order valence-corrected chi connectivity index (χ2v) is 10.5. The Bertz CT molecular complexity index is 1610. The van der Waals surface area contributed by atoms with Crippen molar-refractivity contribution in [3.8, 4) is 0 Å². The first-order valence-corrected chi connectivity index (χ1v) is 15.4. The van der Waals surface area contributed by atoms with Crippen LogP contribution in [0.15, 0.2) is 102 Å². The van der Waals surface area contributed by atoms with Crippen LogP contribution in [0.25, 0.3) is 5.57 Å². The van der Waals surface area contributed by atoms with E-state index in [0.717, 1.165) is 41.8 Å². The summed E-state index contributed by atoms with van der Waals surface area (Å²) in [6.45, 7) is 4.35. The lowest BCUT2D eigenvalue weighted by molar-refractivity contribution is -0.106. The summed E-state index contributed by atoms with van der Waals surface area (Å²) in [5.41, 5.74) is 12.1. The first-order valence-electron chi connectivity index (χ1n) is 14.5. The Morgan fingerprint density at radius 1 is 1.02 bits per heavy atom. The first-order chi connectivity index (χ1) is 21.9. The quantitative estimate of drug-likeness (QED) is 0.0573. The van der Waals surface area contributed by atoms with Gasteiger partial charge in [-0.2, -0.15) is 0 Å². The average molecular weight is 627 g/mol. The van der Waals surface area contributed by atoms with Crippen molar-refractivity contribution in [1.82, 2.24) is 4.98 Å². The summed E-state index contributed by atoms with van der Waals surface area (Å²) >= 11 is 1.49. The van der Waals surface area contributed by atoms with E-state index >= 15 is 0 Å². The number of nitrogens with two attached hydrogens (primary N) is 1. The molecule has 0 unspecified atom stereocenters. The van der Waals surface area contributed by atoms with Crippen LogP contribution in [0, 0.1) is 5.82 Å². The van der Waals surface area contributed by atoms with Gasteiger partial charge in [0.2, 0.25) is 0 Å². The number of benzene rings is 3. The number of halogens is 1. The summed E-state index contributed by atoms with van der Waals surface area (Å²) in [4.78, 5) is 27.9. The molecule has 0 aliphatic heterocycles. The second kappa shape index (κ2) is 18.4. The van der Waals surface area contributed by atoms with Crippen molar-refractivity contribution >= 4 is 62.7 Å².